The normalized spacial score (nSPS) is 18.3. The summed E-state index contributed by atoms with van der Waals surface area (Å²) < 4.78 is 8.25. The van der Waals surface area contributed by atoms with E-state index in [4.69, 9.17) is 4.74 Å². The maximum Gasteiger partial charge on any atom is 0.253 e. The molecule has 2 aliphatic heterocycles. The van der Waals surface area contributed by atoms with Crippen LogP contribution in [-0.4, -0.2) is 57.8 Å². The summed E-state index contributed by atoms with van der Waals surface area (Å²) >= 11 is 0. The predicted molar refractivity (Wildman–Crippen MR) is 113 cm³/mol. The number of carbonyl (C=O) groups is 1. The van der Waals surface area contributed by atoms with Gasteiger partial charge in [0.05, 0.1) is 5.69 Å². The minimum Gasteiger partial charge on any atom is -0.490 e. The predicted octanol–water partition coefficient (Wildman–Crippen LogP) is 3.49. The quantitative estimate of drug-likeness (QED) is 0.750. The molecule has 6 nitrogen and oxygen atoms in total. The van der Waals surface area contributed by atoms with Crippen molar-refractivity contribution in [1.29, 1.82) is 0 Å². The fraction of sp³-hybridized carbons (Fsp3) is 0.565. The zero-order valence-corrected chi connectivity index (χ0v) is 17.6. The van der Waals surface area contributed by atoms with E-state index in [1.54, 1.807) is 0 Å². The first-order chi connectivity index (χ1) is 14.1. The van der Waals surface area contributed by atoms with Gasteiger partial charge in [-0.25, -0.2) is 0 Å². The molecule has 0 bridgehead atoms. The number of carbonyl (C=O) groups excluding carboxylic acids is 1. The molecule has 29 heavy (non-hydrogen) atoms. The van der Waals surface area contributed by atoms with E-state index >= 15 is 0 Å². The third-order valence-corrected chi connectivity index (χ3v) is 6.08. The zero-order chi connectivity index (χ0) is 20.2. The standard InChI is InChI=1S/C23H32N4O2/c1-3-27-17-20(18(2)24-27)16-25-13-9-21(10-14-25)29-22-8-6-7-19(15-22)23(28)26-11-4-5-12-26/h6-8,15,17,21H,3-5,9-14,16H2,1-2H3. The Balaban J connectivity index is 1.30. The van der Waals surface area contributed by atoms with Crippen LogP contribution in [0.3, 0.4) is 0 Å². The Morgan fingerprint density at radius 1 is 1.17 bits per heavy atom. The van der Waals surface area contributed by atoms with Gasteiger partial charge in [0.25, 0.3) is 5.91 Å². The highest BCUT2D eigenvalue weighted by Gasteiger charge is 2.23. The summed E-state index contributed by atoms with van der Waals surface area (Å²) in [5, 5.41) is 4.55. The molecule has 0 radical (unpaired) electrons. The second-order valence-corrected chi connectivity index (χ2v) is 8.22. The Kier molecular flexibility index (Phi) is 6.19. The second kappa shape index (κ2) is 8.99. The lowest BCUT2D eigenvalue weighted by atomic mass is 10.1. The second-order valence-electron chi connectivity index (χ2n) is 8.22. The molecule has 0 aliphatic carbocycles. The molecule has 1 amide bonds. The van der Waals surface area contributed by atoms with E-state index < -0.39 is 0 Å². The maximum absolute atomic E-state index is 12.6. The summed E-state index contributed by atoms with van der Waals surface area (Å²) in [4.78, 5) is 17.0. The number of aromatic nitrogens is 2. The zero-order valence-electron chi connectivity index (χ0n) is 17.6. The van der Waals surface area contributed by atoms with E-state index in [1.807, 2.05) is 33.8 Å². The Morgan fingerprint density at radius 3 is 2.62 bits per heavy atom. The first-order valence-corrected chi connectivity index (χ1v) is 10.9. The van der Waals surface area contributed by atoms with E-state index in [1.165, 1.54) is 5.56 Å². The first kappa shape index (κ1) is 20.0. The first-order valence-electron chi connectivity index (χ1n) is 10.9. The van der Waals surface area contributed by atoms with Crippen molar-refractivity contribution in [1.82, 2.24) is 19.6 Å². The summed E-state index contributed by atoms with van der Waals surface area (Å²) in [5.41, 5.74) is 3.19. The molecule has 1 aromatic heterocycles. The lowest BCUT2D eigenvalue weighted by Crippen LogP contribution is -2.37. The number of hydrogen-bond donors (Lipinski definition) is 0. The van der Waals surface area contributed by atoms with Crippen molar-refractivity contribution >= 4 is 5.91 Å². The van der Waals surface area contributed by atoms with Crippen LogP contribution in [0.25, 0.3) is 0 Å². The van der Waals surface area contributed by atoms with Gasteiger partial charge in [-0.05, 0) is 57.7 Å². The van der Waals surface area contributed by atoms with Gasteiger partial charge in [0.2, 0.25) is 0 Å². The van der Waals surface area contributed by atoms with E-state index in [9.17, 15) is 4.79 Å². The molecule has 4 rings (SSSR count). The highest BCUT2D eigenvalue weighted by molar-refractivity contribution is 5.94. The highest BCUT2D eigenvalue weighted by Crippen LogP contribution is 2.23. The molecule has 6 heteroatoms. The van der Waals surface area contributed by atoms with Crippen LogP contribution in [0.1, 0.15) is 54.2 Å². The van der Waals surface area contributed by atoms with Crippen molar-refractivity contribution in [2.45, 2.75) is 58.7 Å². The van der Waals surface area contributed by atoms with Gasteiger partial charge in [-0.15, -0.1) is 0 Å². The van der Waals surface area contributed by atoms with E-state index in [-0.39, 0.29) is 12.0 Å². The van der Waals surface area contributed by atoms with E-state index in [0.29, 0.717) is 0 Å². The lowest BCUT2D eigenvalue weighted by Gasteiger charge is -2.32. The van der Waals surface area contributed by atoms with Crippen molar-refractivity contribution in [3.63, 3.8) is 0 Å². The molecular weight excluding hydrogens is 364 g/mol. The summed E-state index contributed by atoms with van der Waals surface area (Å²) in [5.74, 6) is 0.944. The molecular formula is C23H32N4O2. The Bertz CT molecular complexity index is 833. The highest BCUT2D eigenvalue weighted by atomic mass is 16.5. The molecule has 2 fully saturated rings. The molecule has 156 valence electrons. The Morgan fingerprint density at radius 2 is 1.93 bits per heavy atom. The molecule has 0 atom stereocenters. The van der Waals surface area contributed by atoms with Gasteiger partial charge >= 0.3 is 0 Å². The number of nitrogens with zero attached hydrogens (tertiary/aromatic N) is 4. The molecule has 2 aromatic rings. The molecule has 0 saturated carbocycles. The molecule has 0 N–H and O–H groups in total. The summed E-state index contributed by atoms with van der Waals surface area (Å²) in [6.07, 6.45) is 6.61. The average Bonchev–Trinajstić information content (AvgIpc) is 3.39. The van der Waals surface area contributed by atoms with Gasteiger partial charge in [-0.2, -0.15) is 5.10 Å². The summed E-state index contributed by atoms with van der Waals surface area (Å²) in [6, 6.07) is 7.71. The number of piperidine rings is 1. The van der Waals surface area contributed by atoms with Crippen LogP contribution < -0.4 is 4.74 Å². The maximum atomic E-state index is 12.6. The average molecular weight is 397 g/mol. The fourth-order valence-corrected chi connectivity index (χ4v) is 4.30. The minimum absolute atomic E-state index is 0.130. The van der Waals surface area contributed by atoms with Crippen LogP contribution in [0.2, 0.25) is 0 Å². The smallest absolute Gasteiger partial charge is 0.253 e. The van der Waals surface area contributed by atoms with Gasteiger partial charge in [0.15, 0.2) is 0 Å². The molecule has 2 aliphatic rings. The van der Waals surface area contributed by atoms with Crippen molar-refractivity contribution in [2.75, 3.05) is 26.2 Å². The van der Waals surface area contributed by atoms with Gasteiger partial charge in [-0.1, -0.05) is 6.07 Å². The van der Waals surface area contributed by atoms with Crippen LogP contribution in [0.4, 0.5) is 0 Å². The minimum atomic E-state index is 0.130. The number of ether oxygens (including phenoxy) is 1. The number of hydrogen-bond acceptors (Lipinski definition) is 4. The number of likely N-dealkylation sites (tertiary alicyclic amines) is 2. The molecule has 3 heterocycles. The third kappa shape index (κ3) is 4.81. The van der Waals surface area contributed by atoms with Gasteiger partial charge in [-0.3, -0.25) is 14.4 Å². The van der Waals surface area contributed by atoms with Crippen LogP contribution in [-0.2, 0) is 13.1 Å². The molecule has 0 spiro atoms. The number of aryl methyl sites for hydroxylation is 2. The van der Waals surface area contributed by atoms with E-state index in [2.05, 4.69) is 30.0 Å². The van der Waals surface area contributed by atoms with Gasteiger partial charge in [0.1, 0.15) is 11.9 Å². The van der Waals surface area contributed by atoms with Gasteiger partial charge < -0.3 is 9.64 Å². The fourth-order valence-electron chi connectivity index (χ4n) is 4.30. The van der Waals surface area contributed by atoms with E-state index in [0.717, 1.165) is 82.0 Å². The summed E-state index contributed by atoms with van der Waals surface area (Å²) in [7, 11) is 0. The van der Waals surface area contributed by atoms with Crippen molar-refractivity contribution in [2.24, 2.45) is 0 Å². The van der Waals surface area contributed by atoms with Crippen LogP contribution in [0.15, 0.2) is 30.5 Å². The lowest BCUT2D eigenvalue weighted by molar-refractivity contribution is 0.0789. The van der Waals surface area contributed by atoms with Crippen LogP contribution >= 0.6 is 0 Å². The Hall–Kier alpha value is -2.34. The van der Waals surface area contributed by atoms with Crippen molar-refractivity contribution in [3.05, 3.63) is 47.3 Å². The molecule has 2 saturated heterocycles. The van der Waals surface area contributed by atoms with Crippen molar-refractivity contribution < 1.29 is 9.53 Å². The third-order valence-electron chi connectivity index (χ3n) is 6.08. The largest absolute Gasteiger partial charge is 0.490 e. The monoisotopic (exact) mass is 396 g/mol. The Labute approximate surface area is 173 Å². The number of rotatable bonds is 6. The van der Waals surface area contributed by atoms with Crippen LogP contribution in [0.5, 0.6) is 5.75 Å². The number of amides is 1. The molecule has 0 unspecified atom stereocenters. The van der Waals surface area contributed by atoms with Gasteiger partial charge in [0, 0.05) is 56.6 Å². The SMILES string of the molecule is CCn1cc(CN2CCC(Oc3cccc(C(=O)N4CCCC4)c3)CC2)c(C)n1. The van der Waals surface area contributed by atoms with Crippen LogP contribution in [0, 0.1) is 6.92 Å². The summed E-state index contributed by atoms with van der Waals surface area (Å²) in [6.45, 7) is 9.87. The number of benzene rings is 1. The topological polar surface area (TPSA) is 50.6 Å². The molecule has 1 aromatic carbocycles. The van der Waals surface area contributed by atoms with Crippen molar-refractivity contribution in [3.8, 4) is 5.75 Å².